The molecular weight excluding hydrogens is 280 g/mol. The van der Waals surface area contributed by atoms with Crippen LogP contribution >= 0.6 is 22.9 Å². The zero-order chi connectivity index (χ0) is 14.4. The topological polar surface area (TPSA) is 46.3 Å². The maximum atomic E-state index is 12.2. The molecule has 1 aromatic rings. The van der Waals surface area contributed by atoms with E-state index in [1.807, 2.05) is 33.0 Å². The standard InChI is InChI=1S/C14H23ClN2OS/c1-10(5-4-6-11(2)16)14(18)17(3)9-12-7-8-13(15)19-12/h7-8,10-11H,4-6,9,16H2,1-3H3. The van der Waals surface area contributed by atoms with Crippen LogP contribution in [-0.2, 0) is 11.3 Å². The molecule has 108 valence electrons. The van der Waals surface area contributed by atoms with Crippen molar-refractivity contribution < 1.29 is 4.79 Å². The van der Waals surface area contributed by atoms with Crippen molar-refractivity contribution in [1.29, 1.82) is 0 Å². The summed E-state index contributed by atoms with van der Waals surface area (Å²) < 4.78 is 0.765. The van der Waals surface area contributed by atoms with E-state index in [2.05, 4.69) is 0 Å². The van der Waals surface area contributed by atoms with Crippen LogP contribution in [0.15, 0.2) is 12.1 Å². The Morgan fingerprint density at radius 1 is 1.42 bits per heavy atom. The Bertz CT molecular complexity index is 406. The van der Waals surface area contributed by atoms with Crippen LogP contribution < -0.4 is 5.73 Å². The monoisotopic (exact) mass is 302 g/mol. The second kappa shape index (κ2) is 7.88. The van der Waals surface area contributed by atoms with Gasteiger partial charge in [0.25, 0.3) is 0 Å². The van der Waals surface area contributed by atoms with Crippen LogP contribution in [0.4, 0.5) is 0 Å². The smallest absolute Gasteiger partial charge is 0.225 e. The minimum absolute atomic E-state index is 0.0548. The molecule has 0 aromatic carbocycles. The van der Waals surface area contributed by atoms with Crippen molar-refractivity contribution in [2.75, 3.05) is 7.05 Å². The molecule has 1 amide bonds. The van der Waals surface area contributed by atoms with Gasteiger partial charge in [-0.1, -0.05) is 24.9 Å². The van der Waals surface area contributed by atoms with E-state index in [1.165, 1.54) is 11.3 Å². The molecule has 1 aromatic heterocycles. The van der Waals surface area contributed by atoms with Crippen molar-refractivity contribution in [3.63, 3.8) is 0 Å². The molecule has 0 spiro atoms. The predicted molar refractivity (Wildman–Crippen MR) is 82.5 cm³/mol. The highest BCUT2D eigenvalue weighted by Gasteiger charge is 2.17. The van der Waals surface area contributed by atoms with Gasteiger partial charge in [-0.3, -0.25) is 4.79 Å². The van der Waals surface area contributed by atoms with Crippen molar-refractivity contribution in [1.82, 2.24) is 4.90 Å². The summed E-state index contributed by atoms with van der Waals surface area (Å²) in [4.78, 5) is 15.1. The minimum atomic E-state index is 0.0548. The summed E-state index contributed by atoms with van der Waals surface area (Å²) in [7, 11) is 1.85. The lowest BCUT2D eigenvalue weighted by atomic mass is 10.0. The number of amides is 1. The van der Waals surface area contributed by atoms with E-state index in [-0.39, 0.29) is 17.9 Å². The Morgan fingerprint density at radius 2 is 2.11 bits per heavy atom. The van der Waals surface area contributed by atoms with Crippen LogP contribution in [-0.4, -0.2) is 23.9 Å². The Kier molecular flexibility index (Phi) is 6.83. The normalized spacial score (nSPS) is 14.2. The van der Waals surface area contributed by atoms with E-state index >= 15 is 0 Å². The van der Waals surface area contributed by atoms with Gasteiger partial charge in [0.1, 0.15) is 0 Å². The summed E-state index contributed by atoms with van der Waals surface area (Å²) >= 11 is 7.41. The molecule has 2 atom stereocenters. The molecule has 19 heavy (non-hydrogen) atoms. The average molecular weight is 303 g/mol. The molecule has 1 rings (SSSR count). The molecule has 0 saturated carbocycles. The Labute approximate surface area is 124 Å². The van der Waals surface area contributed by atoms with Gasteiger partial charge in [0, 0.05) is 23.9 Å². The number of halogens is 1. The van der Waals surface area contributed by atoms with Crippen molar-refractivity contribution in [3.05, 3.63) is 21.3 Å². The second-order valence-corrected chi connectivity index (χ2v) is 7.01. The van der Waals surface area contributed by atoms with E-state index in [0.717, 1.165) is 28.5 Å². The number of hydrogen-bond donors (Lipinski definition) is 1. The van der Waals surface area contributed by atoms with Crippen LogP contribution in [0, 0.1) is 5.92 Å². The van der Waals surface area contributed by atoms with Gasteiger partial charge in [-0.25, -0.2) is 0 Å². The van der Waals surface area contributed by atoms with Crippen molar-refractivity contribution in [2.45, 2.75) is 45.7 Å². The number of carbonyl (C=O) groups is 1. The fourth-order valence-electron chi connectivity index (χ4n) is 1.99. The van der Waals surface area contributed by atoms with Gasteiger partial charge in [-0.15, -0.1) is 11.3 Å². The van der Waals surface area contributed by atoms with Crippen molar-refractivity contribution in [2.24, 2.45) is 11.7 Å². The quantitative estimate of drug-likeness (QED) is 0.838. The number of thiophene rings is 1. The summed E-state index contributed by atoms with van der Waals surface area (Å²) in [6.45, 7) is 4.62. The Morgan fingerprint density at radius 3 is 2.63 bits per heavy atom. The van der Waals surface area contributed by atoms with E-state index in [4.69, 9.17) is 17.3 Å². The van der Waals surface area contributed by atoms with Gasteiger partial charge in [0.15, 0.2) is 0 Å². The summed E-state index contributed by atoms with van der Waals surface area (Å²) in [5.74, 6) is 0.244. The number of hydrogen-bond acceptors (Lipinski definition) is 3. The number of carbonyl (C=O) groups excluding carboxylic acids is 1. The van der Waals surface area contributed by atoms with Crippen molar-refractivity contribution in [3.8, 4) is 0 Å². The third kappa shape index (κ3) is 5.93. The highest BCUT2D eigenvalue weighted by Crippen LogP contribution is 2.23. The zero-order valence-electron chi connectivity index (χ0n) is 11.9. The van der Waals surface area contributed by atoms with Crippen molar-refractivity contribution >= 4 is 28.8 Å². The molecule has 2 unspecified atom stereocenters. The number of rotatable bonds is 7. The molecule has 0 fully saturated rings. The maximum absolute atomic E-state index is 12.2. The van der Waals surface area contributed by atoms with Gasteiger partial charge < -0.3 is 10.6 Å². The summed E-state index contributed by atoms with van der Waals surface area (Å²) in [5.41, 5.74) is 5.71. The van der Waals surface area contributed by atoms with E-state index in [1.54, 1.807) is 4.90 Å². The molecule has 1 heterocycles. The maximum Gasteiger partial charge on any atom is 0.225 e. The Balaban J connectivity index is 2.38. The first kappa shape index (κ1) is 16.5. The van der Waals surface area contributed by atoms with Crippen LogP contribution in [0.25, 0.3) is 0 Å². The third-order valence-electron chi connectivity index (χ3n) is 3.12. The fourth-order valence-corrected chi connectivity index (χ4v) is 3.14. The molecule has 0 aliphatic rings. The fraction of sp³-hybridized carbons (Fsp3) is 0.643. The highest BCUT2D eigenvalue weighted by molar-refractivity contribution is 7.16. The van der Waals surface area contributed by atoms with E-state index in [9.17, 15) is 4.79 Å². The average Bonchev–Trinajstić information content (AvgIpc) is 2.73. The first-order valence-corrected chi connectivity index (χ1v) is 7.84. The molecule has 0 saturated heterocycles. The van der Waals surface area contributed by atoms with Gasteiger partial charge >= 0.3 is 0 Å². The minimum Gasteiger partial charge on any atom is -0.340 e. The SMILES string of the molecule is CC(N)CCCC(C)C(=O)N(C)Cc1ccc(Cl)s1. The van der Waals surface area contributed by atoms with Crippen LogP contribution in [0.1, 0.15) is 38.0 Å². The lowest BCUT2D eigenvalue weighted by molar-refractivity contribution is -0.134. The van der Waals surface area contributed by atoms with Gasteiger partial charge in [-0.05, 0) is 31.9 Å². The molecule has 2 N–H and O–H groups in total. The second-order valence-electron chi connectivity index (χ2n) is 5.21. The third-order valence-corrected chi connectivity index (χ3v) is 4.33. The van der Waals surface area contributed by atoms with E-state index in [0.29, 0.717) is 6.54 Å². The predicted octanol–water partition coefficient (Wildman–Crippen LogP) is 3.51. The zero-order valence-corrected chi connectivity index (χ0v) is 13.4. The summed E-state index contributed by atoms with van der Waals surface area (Å²) in [5, 5.41) is 0. The van der Waals surface area contributed by atoms with E-state index < -0.39 is 0 Å². The van der Waals surface area contributed by atoms with Crippen LogP contribution in [0.5, 0.6) is 0 Å². The first-order valence-electron chi connectivity index (χ1n) is 6.65. The van der Waals surface area contributed by atoms with Gasteiger partial charge in [-0.2, -0.15) is 0 Å². The van der Waals surface area contributed by atoms with Gasteiger partial charge in [0.2, 0.25) is 5.91 Å². The summed E-state index contributed by atoms with van der Waals surface area (Å²) in [6, 6.07) is 4.05. The lowest BCUT2D eigenvalue weighted by Crippen LogP contribution is -2.31. The largest absolute Gasteiger partial charge is 0.340 e. The van der Waals surface area contributed by atoms with Crippen LogP contribution in [0.3, 0.4) is 0 Å². The number of nitrogens with two attached hydrogens (primary N) is 1. The van der Waals surface area contributed by atoms with Gasteiger partial charge in [0.05, 0.1) is 10.9 Å². The Hall–Kier alpha value is -0.580. The molecule has 0 radical (unpaired) electrons. The highest BCUT2D eigenvalue weighted by atomic mass is 35.5. The molecule has 0 bridgehead atoms. The molecular formula is C14H23ClN2OS. The molecule has 5 heteroatoms. The molecule has 0 aliphatic carbocycles. The molecule has 3 nitrogen and oxygen atoms in total. The number of nitrogens with zero attached hydrogens (tertiary/aromatic N) is 1. The lowest BCUT2D eigenvalue weighted by Gasteiger charge is -2.21. The first-order chi connectivity index (χ1) is 8.90. The summed E-state index contributed by atoms with van der Waals surface area (Å²) in [6.07, 6.45) is 2.88. The van der Waals surface area contributed by atoms with Crippen LogP contribution in [0.2, 0.25) is 4.34 Å². The molecule has 0 aliphatic heterocycles.